The van der Waals surface area contributed by atoms with E-state index >= 15 is 0 Å². The van der Waals surface area contributed by atoms with Gasteiger partial charge < -0.3 is 10.1 Å². The van der Waals surface area contributed by atoms with Gasteiger partial charge in [0, 0.05) is 17.1 Å². The number of para-hydroxylation sites is 1. The van der Waals surface area contributed by atoms with Crippen LogP contribution in [0.4, 0.5) is 5.69 Å². The van der Waals surface area contributed by atoms with Crippen molar-refractivity contribution in [2.75, 3.05) is 12.4 Å². The summed E-state index contributed by atoms with van der Waals surface area (Å²) in [6.07, 6.45) is 0. The third kappa shape index (κ3) is 3.33. The lowest BCUT2D eigenvalue weighted by atomic mass is 10.1. The zero-order valence-corrected chi connectivity index (χ0v) is 15.4. The fourth-order valence-electron chi connectivity index (χ4n) is 3.18. The molecule has 3 aromatic rings. The smallest absolute Gasteiger partial charge is 0.251 e. The number of hydrogen-bond donors (Lipinski definition) is 1. The third-order valence-electron chi connectivity index (χ3n) is 4.48. The third-order valence-corrected chi connectivity index (χ3v) is 4.48. The molecule has 3 rings (SSSR count). The zero-order chi connectivity index (χ0) is 18.8. The van der Waals surface area contributed by atoms with E-state index < -0.39 is 0 Å². The predicted octanol–water partition coefficient (Wildman–Crippen LogP) is 3.57. The van der Waals surface area contributed by atoms with Gasteiger partial charge in [-0.15, -0.1) is 0 Å². The molecule has 0 aliphatic heterocycles. The highest BCUT2D eigenvalue weighted by molar-refractivity contribution is 5.94. The quantitative estimate of drug-likeness (QED) is 0.782. The Bertz CT molecular complexity index is 1050. The number of carbonyl (C=O) groups excluding carboxylic acids is 1. The molecule has 0 atom stereocenters. The molecular formula is C21H22N2O3. The van der Waals surface area contributed by atoms with Crippen LogP contribution in [0.5, 0.6) is 5.75 Å². The summed E-state index contributed by atoms with van der Waals surface area (Å²) < 4.78 is 6.88. The van der Waals surface area contributed by atoms with Gasteiger partial charge in [0.05, 0.1) is 12.6 Å². The highest BCUT2D eigenvalue weighted by atomic mass is 16.5. The van der Waals surface area contributed by atoms with Crippen LogP contribution < -0.4 is 15.6 Å². The monoisotopic (exact) mass is 350 g/mol. The molecule has 0 saturated carbocycles. The Hall–Kier alpha value is -3.08. The standard InChI is InChI=1S/C21H22N2O3/c1-13-8-9-17(15(3)10-13)22-19(24)12-23-20(25)11-14(2)16-6-5-7-18(26-4)21(16)23/h5-11H,12H2,1-4H3,(H,22,24). The maximum Gasteiger partial charge on any atom is 0.251 e. The van der Waals surface area contributed by atoms with Crippen molar-refractivity contribution in [2.24, 2.45) is 0 Å². The van der Waals surface area contributed by atoms with Gasteiger partial charge in [-0.25, -0.2) is 0 Å². The minimum Gasteiger partial charge on any atom is -0.495 e. The molecule has 0 saturated heterocycles. The molecule has 0 radical (unpaired) electrons. The summed E-state index contributed by atoms with van der Waals surface area (Å²) in [5.41, 5.74) is 4.13. The van der Waals surface area contributed by atoms with E-state index in [1.165, 1.54) is 4.57 Å². The Labute approximate surface area is 152 Å². The van der Waals surface area contributed by atoms with Crippen LogP contribution in [0.3, 0.4) is 0 Å². The van der Waals surface area contributed by atoms with Gasteiger partial charge in [0.15, 0.2) is 0 Å². The number of fused-ring (bicyclic) bond motifs is 1. The molecule has 1 aromatic heterocycles. The number of aromatic nitrogens is 1. The number of pyridine rings is 1. The van der Waals surface area contributed by atoms with E-state index in [9.17, 15) is 9.59 Å². The number of hydrogen-bond acceptors (Lipinski definition) is 3. The number of nitrogens with zero attached hydrogens (tertiary/aromatic N) is 1. The maximum atomic E-state index is 12.6. The van der Waals surface area contributed by atoms with Crippen LogP contribution >= 0.6 is 0 Å². The molecule has 0 unspecified atom stereocenters. The van der Waals surface area contributed by atoms with Gasteiger partial charge >= 0.3 is 0 Å². The molecule has 1 amide bonds. The highest BCUT2D eigenvalue weighted by Gasteiger charge is 2.14. The number of carbonyl (C=O) groups is 1. The van der Waals surface area contributed by atoms with Crippen molar-refractivity contribution in [3.05, 3.63) is 69.5 Å². The molecule has 2 aromatic carbocycles. The average Bonchev–Trinajstić information content (AvgIpc) is 2.60. The summed E-state index contributed by atoms with van der Waals surface area (Å²) >= 11 is 0. The van der Waals surface area contributed by atoms with Crippen molar-refractivity contribution in [3.63, 3.8) is 0 Å². The lowest BCUT2D eigenvalue weighted by Crippen LogP contribution is -2.28. The van der Waals surface area contributed by atoms with Crippen molar-refractivity contribution in [2.45, 2.75) is 27.3 Å². The van der Waals surface area contributed by atoms with Gasteiger partial charge in [-0.1, -0.05) is 29.8 Å². The number of amides is 1. The number of nitrogens with one attached hydrogen (secondary N) is 1. The Balaban J connectivity index is 2.00. The summed E-state index contributed by atoms with van der Waals surface area (Å²) in [5, 5.41) is 3.78. The summed E-state index contributed by atoms with van der Waals surface area (Å²) in [6.45, 7) is 5.74. The van der Waals surface area contributed by atoms with Crippen molar-refractivity contribution in [1.82, 2.24) is 4.57 Å². The lowest BCUT2D eigenvalue weighted by molar-refractivity contribution is -0.116. The fraction of sp³-hybridized carbons (Fsp3) is 0.238. The van der Waals surface area contributed by atoms with Gasteiger partial charge in [-0.05, 0) is 44.0 Å². The second-order valence-electron chi connectivity index (χ2n) is 6.47. The largest absolute Gasteiger partial charge is 0.495 e. The number of ether oxygens (including phenoxy) is 1. The van der Waals surface area contributed by atoms with Gasteiger partial charge in [0.25, 0.3) is 5.56 Å². The van der Waals surface area contributed by atoms with Crippen LogP contribution in [-0.4, -0.2) is 17.6 Å². The Morgan fingerprint density at radius 3 is 2.54 bits per heavy atom. The van der Waals surface area contributed by atoms with Gasteiger partial charge in [-0.3, -0.25) is 14.2 Å². The second-order valence-corrected chi connectivity index (χ2v) is 6.47. The first-order chi connectivity index (χ1) is 12.4. The first kappa shape index (κ1) is 17.7. The van der Waals surface area contributed by atoms with Crippen LogP contribution in [0.15, 0.2) is 47.3 Å². The summed E-state index contributed by atoms with van der Waals surface area (Å²) in [5.74, 6) is 0.317. The van der Waals surface area contributed by atoms with Gasteiger partial charge in [0.1, 0.15) is 12.3 Å². The van der Waals surface area contributed by atoms with E-state index in [4.69, 9.17) is 4.74 Å². The van der Waals surface area contributed by atoms with E-state index in [1.54, 1.807) is 19.2 Å². The van der Waals surface area contributed by atoms with Crippen LogP contribution in [0.1, 0.15) is 16.7 Å². The minimum absolute atomic E-state index is 0.0801. The zero-order valence-electron chi connectivity index (χ0n) is 15.4. The maximum absolute atomic E-state index is 12.6. The van der Waals surface area contributed by atoms with Crippen LogP contribution in [0, 0.1) is 20.8 Å². The van der Waals surface area contributed by atoms with Gasteiger partial charge in [-0.2, -0.15) is 0 Å². The van der Waals surface area contributed by atoms with E-state index in [-0.39, 0.29) is 18.0 Å². The molecule has 1 heterocycles. The molecule has 26 heavy (non-hydrogen) atoms. The number of methoxy groups -OCH3 is 1. The van der Waals surface area contributed by atoms with Crippen molar-refractivity contribution < 1.29 is 9.53 Å². The molecule has 0 aliphatic rings. The molecule has 5 nitrogen and oxygen atoms in total. The van der Waals surface area contributed by atoms with Crippen LogP contribution in [0.25, 0.3) is 10.9 Å². The summed E-state index contributed by atoms with van der Waals surface area (Å²) in [6, 6.07) is 13.0. The van der Waals surface area contributed by atoms with Crippen LogP contribution in [0.2, 0.25) is 0 Å². The predicted molar refractivity (Wildman–Crippen MR) is 104 cm³/mol. The van der Waals surface area contributed by atoms with E-state index in [2.05, 4.69) is 5.32 Å². The number of benzene rings is 2. The number of aryl methyl sites for hydroxylation is 3. The molecule has 0 fully saturated rings. The normalized spacial score (nSPS) is 10.8. The first-order valence-corrected chi connectivity index (χ1v) is 8.45. The SMILES string of the molecule is COc1cccc2c(C)cc(=O)n(CC(=O)Nc3ccc(C)cc3C)c12. The van der Waals surface area contributed by atoms with Crippen molar-refractivity contribution in [1.29, 1.82) is 0 Å². The van der Waals surface area contributed by atoms with Crippen molar-refractivity contribution >= 4 is 22.5 Å². The number of rotatable bonds is 4. The molecule has 1 N–H and O–H groups in total. The number of anilines is 1. The summed E-state index contributed by atoms with van der Waals surface area (Å²) in [7, 11) is 1.56. The van der Waals surface area contributed by atoms with E-state index in [0.717, 1.165) is 27.8 Å². The molecule has 0 aliphatic carbocycles. The Kier molecular flexibility index (Phi) is 4.80. The molecule has 0 bridgehead atoms. The lowest BCUT2D eigenvalue weighted by Gasteiger charge is -2.15. The average molecular weight is 350 g/mol. The summed E-state index contributed by atoms with van der Waals surface area (Å²) in [4.78, 5) is 25.1. The van der Waals surface area contributed by atoms with E-state index in [0.29, 0.717) is 11.3 Å². The Morgan fingerprint density at radius 1 is 1.08 bits per heavy atom. The molecule has 5 heteroatoms. The molecular weight excluding hydrogens is 328 g/mol. The first-order valence-electron chi connectivity index (χ1n) is 8.45. The topological polar surface area (TPSA) is 60.3 Å². The highest BCUT2D eigenvalue weighted by Crippen LogP contribution is 2.26. The van der Waals surface area contributed by atoms with Crippen molar-refractivity contribution in [3.8, 4) is 5.75 Å². The molecule has 134 valence electrons. The fourth-order valence-corrected chi connectivity index (χ4v) is 3.18. The molecule has 0 spiro atoms. The minimum atomic E-state index is -0.255. The Morgan fingerprint density at radius 2 is 1.85 bits per heavy atom. The second kappa shape index (κ2) is 7.04. The van der Waals surface area contributed by atoms with E-state index in [1.807, 2.05) is 51.1 Å². The van der Waals surface area contributed by atoms with Gasteiger partial charge in [0.2, 0.25) is 5.91 Å². The van der Waals surface area contributed by atoms with Crippen LogP contribution in [-0.2, 0) is 11.3 Å².